The van der Waals surface area contributed by atoms with Crippen LogP contribution in [0.25, 0.3) is 0 Å². The molecule has 1 aliphatic rings. The van der Waals surface area contributed by atoms with E-state index in [2.05, 4.69) is 0 Å². The Bertz CT molecular complexity index is 1200. The molecule has 3 aromatic carbocycles. The molecule has 0 saturated carbocycles. The number of rotatable bonds is 10. The predicted molar refractivity (Wildman–Crippen MR) is 144 cm³/mol. The largest absolute Gasteiger partial charge is 0.497 e. The molecule has 0 aliphatic carbocycles. The van der Waals surface area contributed by atoms with Crippen molar-refractivity contribution in [3.63, 3.8) is 0 Å². The molecular formula is C30H34N2O6. The molecular weight excluding hydrogens is 484 g/mol. The van der Waals surface area contributed by atoms with Crippen LogP contribution >= 0.6 is 0 Å². The molecule has 0 radical (unpaired) electrons. The van der Waals surface area contributed by atoms with Crippen LogP contribution in [0.15, 0.2) is 78.9 Å². The van der Waals surface area contributed by atoms with E-state index in [9.17, 15) is 14.7 Å². The maximum absolute atomic E-state index is 13.8. The summed E-state index contributed by atoms with van der Waals surface area (Å²) in [5.74, 6) is 0.469. The van der Waals surface area contributed by atoms with Gasteiger partial charge in [-0.15, -0.1) is 0 Å². The van der Waals surface area contributed by atoms with E-state index < -0.39 is 30.1 Å². The van der Waals surface area contributed by atoms with Gasteiger partial charge in [-0.05, 0) is 60.4 Å². The summed E-state index contributed by atoms with van der Waals surface area (Å²) in [4.78, 5) is 29.6. The number of carbonyl (C=O) groups excluding carboxylic acids is 2. The quantitative estimate of drug-likeness (QED) is 0.406. The fourth-order valence-electron chi connectivity index (χ4n) is 4.95. The summed E-state index contributed by atoms with van der Waals surface area (Å²) in [6.07, 6.45) is -0.264. The highest BCUT2D eigenvalue weighted by atomic mass is 16.5. The summed E-state index contributed by atoms with van der Waals surface area (Å²) >= 11 is 0. The maximum atomic E-state index is 13.8. The molecule has 1 saturated heterocycles. The second-order valence-corrected chi connectivity index (χ2v) is 9.19. The van der Waals surface area contributed by atoms with E-state index in [1.807, 2.05) is 83.8 Å². The summed E-state index contributed by atoms with van der Waals surface area (Å²) in [5.41, 5.74) is 2.54. The van der Waals surface area contributed by atoms with Crippen LogP contribution in [0.5, 0.6) is 11.5 Å². The van der Waals surface area contributed by atoms with Gasteiger partial charge in [-0.1, -0.05) is 42.5 Å². The van der Waals surface area contributed by atoms with Gasteiger partial charge in [0.15, 0.2) is 6.10 Å². The molecule has 0 unspecified atom stereocenters. The molecule has 1 heterocycles. The molecule has 1 N–H and O–H groups in total. The fourth-order valence-corrected chi connectivity index (χ4v) is 4.95. The van der Waals surface area contributed by atoms with Gasteiger partial charge in [-0.2, -0.15) is 0 Å². The maximum Gasteiger partial charge on any atom is 0.328 e. The van der Waals surface area contributed by atoms with Crippen molar-refractivity contribution in [1.82, 2.24) is 4.90 Å². The zero-order valence-corrected chi connectivity index (χ0v) is 21.9. The second kappa shape index (κ2) is 12.5. The number of hydrogen-bond donors (Lipinski definition) is 1. The molecule has 0 spiro atoms. The summed E-state index contributed by atoms with van der Waals surface area (Å²) in [6.45, 7) is 0.791. The summed E-state index contributed by atoms with van der Waals surface area (Å²) < 4.78 is 15.6. The lowest BCUT2D eigenvalue weighted by molar-refractivity contribution is -0.154. The third kappa shape index (κ3) is 5.92. The average Bonchev–Trinajstić information content (AvgIpc) is 3.47. The Morgan fingerprint density at radius 1 is 0.921 bits per heavy atom. The summed E-state index contributed by atoms with van der Waals surface area (Å²) in [7, 11) is 4.53. The number of esters is 1. The minimum atomic E-state index is -1.44. The Kier molecular flexibility index (Phi) is 8.86. The predicted octanol–water partition coefficient (Wildman–Crippen LogP) is 3.98. The minimum absolute atomic E-state index is 0.387. The number of benzene rings is 3. The third-order valence-electron chi connectivity index (χ3n) is 6.95. The van der Waals surface area contributed by atoms with Gasteiger partial charge in [0, 0.05) is 18.8 Å². The number of nitrogens with zero attached hydrogens (tertiary/aromatic N) is 2. The van der Waals surface area contributed by atoms with Gasteiger partial charge >= 0.3 is 5.97 Å². The number of aliphatic hydroxyl groups excluding tert-OH is 1. The lowest BCUT2D eigenvalue weighted by Gasteiger charge is -2.38. The number of methoxy groups -OCH3 is 3. The molecule has 1 amide bonds. The van der Waals surface area contributed by atoms with Crippen molar-refractivity contribution >= 4 is 17.6 Å². The van der Waals surface area contributed by atoms with Crippen LogP contribution in [0.2, 0.25) is 0 Å². The minimum Gasteiger partial charge on any atom is -0.497 e. The number of likely N-dealkylation sites (tertiary alicyclic amines) is 1. The molecule has 38 heavy (non-hydrogen) atoms. The zero-order valence-electron chi connectivity index (χ0n) is 21.9. The third-order valence-corrected chi connectivity index (χ3v) is 6.95. The number of carbonyl (C=O) groups is 2. The van der Waals surface area contributed by atoms with Crippen molar-refractivity contribution in [3.05, 3.63) is 90.0 Å². The Balaban J connectivity index is 1.76. The molecule has 8 heteroatoms. The Morgan fingerprint density at radius 3 is 2.11 bits per heavy atom. The Labute approximate surface area is 223 Å². The SMILES string of the molecule is COC(=O)[C@@H]1CCCN1C(=O)[C@@H](O)[C@@H](c1ccccc1)N(Cc1ccc(OC)cc1)c1ccc(OC)cc1. The lowest BCUT2D eigenvalue weighted by atomic mass is 9.96. The first-order valence-electron chi connectivity index (χ1n) is 12.6. The van der Waals surface area contributed by atoms with Gasteiger partial charge in [0.2, 0.25) is 0 Å². The van der Waals surface area contributed by atoms with E-state index in [0.29, 0.717) is 31.7 Å². The van der Waals surface area contributed by atoms with Crippen LogP contribution < -0.4 is 14.4 Å². The van der Waals surface area contributed by atoms with Crippen LogP contribution in [-0.2, 0) is 20.9 Å². The van der Waals surface area contributed by atoms with Gasteiger partial charge in [0.1, 0.15) is 17.5 Å². The van der Waals surface area contributed by atoms with Crippen molar-refractivity contribution in [2.75, 3.05) is 32.8 Å². The highest BCUT2D eigenvalue weighted by Gasteiger charge is 2.41. The Hall–Kier alpha value is -4.04. The van der Waals surface area contributed by atoms with Gasteiger partial charge in [0.05, 0.1) is 27.4 Å². The normalized spacial score (nSPS) is 16.4. The summed E-state index contributed by atoms with van der Waals surface area (Å²) in [5, 5.41) is 11.7. The van der Waals surface area contributed by atoms with Crippen molar-refractivity contribution in [2.24, 2.45) is 0 Å². The molecule has 3 aromatic rings. The van der Waals surface area contributed by atoms with Crippen molar-refractivity contribution in [2.45, 2.75) is 37.6 Å². The van der Waals surface area contributed by atoms with Gasteiger partial charge < -0.3 is 29.1 Å². The van der Waals surface area contributed by atoms with Crippen LogP contribution in [-0.4, -0.2) is 61.9 Å². The summed E-state index contributed by atoms with van der Waals surface area (Å²) in [6, 6.07) is 23.2. The highest BCUT2D eigenvalue weighted by Crippen LogP contribution is 2.35. The number of ether oxygens (including phenoxy) is 3. The first-order chi connectivity index (χ1) is 18.5. The van der Waals surface area contributed by atoms with Gasteiger partial charge in [-0.3, -0.25) is 4.79 Å². The van der Waals surface area contributed by atoms with Crippen LogP contribution in [0.3, 0.4) is 0 Å². The van der Waals surface area contributed by atoms with E-state index >= 15 is 0 Å². The van der Waals surface area contributed by atoms with E-state index in [0.717, 1.165) is 22.6 Å². The van der Waals surface area contributed by atoms with Crippen molar-refractivity contribution < 1.29 is 28.9 Å². The van der Waals surface area contributed by atoms with E-state index in [4.69, 9.17) is 14.2 Å². The first kappa shape index (κ1) is 27.0. The van der Waals surface area contributed by atoms with Gasteiger partial charge in [-0.25, -0.2) is 4.79 Å². The number of hydrogen-bond acceptors (Lipinski definition) is 7. The Morgan fingerprint density at radius 2 is 1.53 bits per heavy atom. The van der Waals surface area contributed by atoms with Gasteiger partial charge in [0.25, 0.3) is 5.91 Å². The second-order valence-electron chi connectivity index (χ2n) is 9.19. The smallest absolute Gasteiger partial charge is 0.328 e. The standard InChI is InChI=1S/C30H34N2O6/c1-36-24-15-11-21(12-16-24)20-32(23-13-17-25(37-2)18-14-23)27(22-8-5-4-6-9-22)28(33)29(34)31-19-7-10-26(31)30(35)38-3/h4-6,8-9,11-18,26-28,33H,7,10,19-20H2,1-3H3/t26-,27+,28-/m0/s1. The lowest BCUT2D eigenvalue weighted by Crippen LogP contribution is -2.50. The molecule has 0 bridgehead atoms. The molecule has 3 atom stereocenters. The molecule has 8 nitrogen and oxygen atoms in total. The first-order valence-corrected chi connectivity index (χ1v) is 12.6. The number of amides is 1. The zero-order chi connectivity index (χ0) is 27.1. The molecule has 4 rings (SSSR count). The molecule has 200 valence electrons. The average molecular weight is 519 g/mol. The number of aliphatic hydroxyl groups is 1. The van der Waals surface area contributed by atoms with Crippen LogP contribution in [0, 0.1) is 0 Å². The van der Waals surface area contributed by atoms with E-state index in [1.54, 1.807) is 14.2 Å². The monoisotopic (exact) mass is 518 g/mol. The van der Waals surface area contributed by atoms with E-state index in [-0.39, 0.29) is 0 Å². The topological polar surface area (TPSA) is 88.5 Å². The molecule has 1 fully saturated rings. The molecule has 1 aliphatic heterocycles. The van der Waals surface area contributed by atoms with Crippen molar-refractivity contribution in [1.29, 1.82) is 0 Å². The number of anilines is 1. The van der Waals surface area contributed by atoms with Crippen LogP contribution in [0.4, 0.5) is 5.69 Å². The van der Waals surface area contributed by atoms with E-state index in [1.165, 1.54) is 12.0 Å². The molecule has 0 aromatic heterocycles. The fraction of sp³-hybridized carbons (Fsp3) is 0.333. The van der Waals surface area contributed by atoms with Crippen molar-refractivity contribution in [3.8, 4) is 11.5 Å². The van der Waals surface area contributed by atoms with Crippen LogP contribution in [0.1, 0.15) is 30.0 Å². The highest BCUT2D eigenvalue weighted by molar-refractivity contribution is 5.88.